The van der Waals surface area contributed by atoms with Gasteiger partial charge in [0.25, 0.3) is 0 Å². The van der Waals surface area contributed by atoms with Crippen molar-refractivity contribution in [2.45, 2.75) is 25.8 Å². The molecule has 1 aliphatic heterocycles. The second-order valence-corrected chi connectivity index (χ2v) is 5.21. The van der Waals surface area contributed by atoms with Crippen LogP contribution < -0.4 is 4.74 Å². The summed E-state index contributed by atoms with van der Waals surface area (Å²) in [5, 5.41) is 9.00. The van der Waals surface area contributed by atoms with Crippen molar-refractivity contribution in [2.75, 3.05) is 26.8 Å². The van der Waals surface area contributed by atoms with E-state index in [0.717, 1.165) is 25.9 Å². The highest BCUT2D eigenvalue weighted by Crippen LogP contribution is 2.23. The van der Waals surface area contributed by atoms with Crippen molar-refractivity contribution in [1.29, 1.82) is 0 Å². The molecule has 1 aromatic carbocycles. The van der Waals surface area contributed by atoms with Gasteiger partial charge in [-0.2, -0.15) is 0 Å². The molecule has 2 rings (SSSR count). The SMILES string of the molecule is COc1ccc(CN2CCCC(CCO)C2)c(F)c1. The molecule has 0 bridgehead atoms. The summed E-state index contributed by atoms with van der Waals surface area (Å²) in [4.78, 5) is 2.27. The van der Waals surface area contributed by atoms with Gasteiger partial charge in [0.05, 0.1) is 7.11 Å². The number of hydrogen-bond acceptors (Lipinski definition) is 3. The lowest BCUT2D eigenvalue weighted by Gasteiger charge is -2.32. The highest BCUT2D eigenvalue weighted by molar-refractivity contribution is 5.28. The summed E-state index contributed by atoms with van der Waals surface area (Å²) in [7, 11) is 1.54. The molecule has 4 heteroatoms. The van der Waals surface area contributed by atoms with E-state index in [2.05, 4.69) is 4.90 Å². The molecule has 1 atom stereocenters. The van der Waals surface area contributed by atoms with Crippen molar-refractivity contribution < 1.29 is 14.2 Å². The van der Waals surface area contributed by atoms with Crippen LogP contribution in [0.25, 0.3) is 0 Å². The molecule has 1 N–H and O–H groups in total. The van der Waals surface area contributed by atoms with Crippen molar-refractivity contribution in [2.24, 2.45) is 5.92 Å². The fraction of sp³-hybridized carbons (Fsp3) is 0.600. The third-order valence-corrected chi connectivity index (χ3v) is 3.79. The lowest BCUT2D eigenvalue weighted by molar-refractivity contribution is 0.141. The Hall–Kier alpha value is -1.13. The zero-order valence-corrected chi connectivity index (χ0v) is 11.4. The maximum Gasteiger partial charge on any atom is 0.131 e. The highest BCUT2D eigenvalue weighted by atomic mass is 19.1. The molecule has 0 radical (unpaired) electrons. The Kier molecular flexibility index (Phi) is 5.16. The standard InChI is InChI=1S/C15H22FNO2/c1-19-14-5-4-13(15(16)9-14)11-17-7-2-3-12(10-17)6-8-18/h4-5,9,12,18H,2-3,6-8,10-11H2,1H3. The van der Waals surface area contributed by atoms with Crippen LogP contribution in [0.4, 0.5) is 4.39 Å². The van der Waals surface area contributed by atoms with E-state index in [1.165, 1.54) is 12.5 Å². The van der Waals surface area contributed by atoms with Crippen molar-refractivity contribution in [1.82, 2.24) is 4.90 Å². The summed E-state index contributed by atoms with van der Waals surface area (Å²) in [5.74, 6) is 0.891. The Bertz CT molecular complexity index is 409. The summed E-state index contributed by atoms with van der Waals surface area (Å²) >= 11 is 0. The number of methoxy groups -OCH3 is 1. The molecule has 106 valence electrons. The predicted molar refractivity (Wildman–Crippen MR) is 72.7 cm³/mol. The first kappa shape index (κ1) is 14.3. The summed E-state index contributed by atoms with van der Waals surface area (Å²) in [5.41, 5.74) is 0.713. The molecule has 0 amide bonds. The third-order valence-electron chi connectivity index (χ3n) is 3.79. The van der Waals surface area contributed by atoms with Gasteiger partial charge in [0.2, 0.25) is 0 Å². The molecule has 0 saturated carbocycles. The number of halogens is 1. The number of benzene rings is 1. The predicted octanol–water partition coefficient (Wildman–Crippen LogP) is 2.43. The van der Waals surface area contributed by atoms with Crippen LogP contribution in [0.1, 0.15) is 24.8 Å². The molecule has 0 spiro atoms. The smallest absolute Gasteiger partial charge is 0.131 e. The van der Waals surface area contributed by atoms with E-state index in [1.54, 1.807) is 19.2 Å². The molecule has 1 aromatic rings. The number of rotatable bonds is 5. The Balaban J connectivity index is 1.96. The van der Waals surface area contributed by atoms with Gasteiger partial charge in [-0.05, 0) is 37.8 Å². The van der Waals surface area contributed by atoms with Crippen LogP contribution in [0.2, 0.25) is 0 Å². The van der Waals surface area contributed by atoms with E-state index in [4.69, 9.17) is 9.84 Å². The molecular weight excluding hydrogens is 245 g/mol. The zero-order chi connectivity index (χ0) is 13.7. The van der Waals surface area contributed by atoms with Gasteiger partial charge in [0, 0.05) is 31.3 Å². The second-order valence-electron chi connectivity index (χ2n) is 5.21. The van der Waals surface area contributed by atoms with Gasteiger partial charge in [-0.1, -0.05) is 6.07 Å². The van der Waals surface area contributed by atoms with E-state index < -0.39 is 0 Å². The Morgan fingerprint density at radius 1 is 1.47 bits per heavy atom. The van der Waals surface area contributed by atoms with Crippen molar-refractivity contribution in [3.05, 3.63) is 29.6 Å². The number of nitrogens with zero attached hydrogens (tertiary/aromatic N) is 1. The maximum atomic E-state index is 13.9. The minimum atomic E-state index is -0.205. The Morgan fingerprint density at radius 3 is 3.00 bits per heavy atom. The first-order valence-electron chi connectivity index (χ1n) is 6.88. The van der Waals surface area contributed by atoms with Crippen LogP contribution in [-0.4, -0.2) is 36.8 Å². The van der Waals surface area contributed by atoms with Crippen LogP contribution in [0.5, 0.6) is 5.75 Å². The number of ether oxygens (including phenoxy) is 1. The van der Waals surface area contributed by atoms with E-state index in [9.17, 15) is 4.39 Å². The van der Waals surface area contributed by atoms with Crippen molar-refractivity contribution >= 4 is 0 Å². The summed E-state index contributed by atoms with van der Waals surface area (Å²) in [6, 6.07) is 5.03. The fourth-order valence-electron chi connectivity index (χ4n) is 2.74. The molecule has 3 nitrogen and oxygen atoms in total. The Labute approximate surface area is 114 Å². The van der Waals surface area contributed by atoms with E-state index in [0.29, 0.717) is 23.8 Å². The van der Waals surface area contributed by atoms with Crippen LogP contribution in [0.3, 0.4) is 0 Å². The normalized spacial score (nSPS) is 20.5. The first-order valence-corrected chi connectivity index (χ1v) is 6.88. The topological polar surface area (TPSA) is 32.7 Å². The minimum Gasteiger partial charge on any atom is -0.497 e. The van der Waals surface area contributed by atoms with Crippen LogP contribution >= 0.6 is 0 Å². The summed E-state index contributed by atoms with van der Waals surface area (Å²) in [6.45, 7) is 2.84. The van der Waals surface area contributed by atoms with Gasteiger partial charge in [0.1, 0.15) is 11.6 Å². The molecule has 0 aromatic heterocycles. The van der Waals surface area contributed by atoms with Gasteiger partial charge >= 0.3 is 0 Å². The molecule has 19 heavy (non-hydrogen) atoms. The average molecular weight is 267 g/mol. The molecule has 1 saturated heterocycles. The highest BCUT2D eigenvalue weighted by Gasteiger charge is 2.20. The molecule has 1 fully saturated rings. The van der Waals surface area contributed by atoms with Crippen molar-refractivity contribution in [3.8, 4) is 5.75 Å². The lowest BCUT2D eigenvalue weighted by atomic mass is 9.95. The number of likely N-dealkylation sites (tertiary alicyclic amines) is 1. The first-order chi connectivity index (χ1) is 9.22. The molecule has 1 heterocycles. The van der Waals surface area contributed by atoms with E-state index >= 15 is 0 Å². The molecular formula is C15H22FNO2. The summed E-state index contributed by atoms with van der Waals surface area (Å²) < 4.78 is 18.9. The van der Waals surface area contributed by atoms with E-state index in [1.807, 2.05) is 0 Å². The molecule has 1 aliphatic rings. The number of hydrogen-bond donors (Lipinski definition) is 1. The third kappa shape index (κ3) is 3.91. The fourth-order valence-corrected chi connectivity index (χ4v) is 2.74. The van der Waals surface area contributed by atoms with Crippen LogP contribution in [0, 0.1) is 11.7 Å². The van der Waals surface area contributed by atoms with Gasteiger partial charge in [-0.3, -0.25) is 4.90 Å². The van der Waals surface area contributed by atoms with E-state index in [-0.39, 0.29) is 12.4 Å². The maximum absolute atomic E-state index is 13.9. The monoisotopic (exact) mass is 267 g/mol. The average Bonchev–Trinajstić information content (AvgIpc) is 2.42. The summed E-state index contributed by atoms with van der Waals surface area (Å²) in [6.07, 6.45) is 3.15. The quantitative estimate of drug-likeness (QED) is 0.889. The molecule has 1 unspecified atom stereocenters. The Morgan fingerprint density at radius 2 is 2.32 bits per heavy atom. The van der Waals surface area contributed by atoms with Gasteiger partial charge < -0.3 is 9.84 Å². The number of aliphatic hydroxyl groups is 1. The lowest BCUT2D eigenvalue weighted by Crippen LogP contribution is -2.35. The molecule has 0 aliphatic carbocycles. The zero-order valence-electron chi connectivity index (χ0n) is 11.4. The minimum absolute atomic E-state index is 0.205. The van der Waals surface area contributed by atoms with Gasteiger partial charge in [-0.25, -0.2) is 4.39 Å². The van der Waals surface area contributed by atoms with Gasteiger partial charge in [0.15, 0.2) is 0 Å². The number of aliphatic hydroxyl groups excluding tert-OH is 1. The van der Waals surface area contributed by atoms with Crippen molar-refractivity contribution in [3.63, 3.8) is 0 Å². The van der Waals surface area contributed by atoms with Gasteiger partial charge in [-0.15, -0.1) is 0 Å². The number of piperidine rings is 1. The van der Waals surface area contributed by atoms with Crippen LogP contribution in [0.15, 0.2) is 18.2 Å². The largest absolute Gasteiger partial charge is 0.497 e. The second kappa shape index (κ2) is 6.87. The van der Waals surface area contributed by atoms with Crippen LogP contribution in [-0.2, 0) is 6.54 Å².